The highest BCUT2D eigenvalue weighted by atomic mass is 16.3. The van der Waals surface area contributed by atoms with Gasteiger partial charge in [0.2, 0.25) is 0 Å². The minimum absolute atomic E-state index is 0.220. The number of β-amino-alcohol motifs (C(OH)–C–C–N with tert-alkyl or cyclic N) is 1. The molecule has 0 spiro atoms. The van der Waals surface area contributed by atoms with E-state index in [9.17, 15) is 10.4 Å². The molecule has 1 atom stereocenters. The molecule has 1 aliphatic heterocycles. The van der Waals surface area contributed by atoms with Crippen molar-refractivity contribution in [3.05, 3.63) is 29.3 Å². The quantitative estimate of drug-likeness (QED) is 0.887. The van der Waals surface area contributed by atoms with Crippen LogP contribution in [0.25, 0.3) is 0 Å². The lowest BCUT2D eigenvalue weighted by Gasteiger charge is -2.22. The van der Waals surface area contributed by atoms with Crippen molar-refractivity contribution >= 4 is 5.69 Å². The van der Waals surface area contributed by atoms with Crippen LogP contribution < -0.4 is 4.90 Å². The van der Waals surface area contributed by atoms with E-state index in [1.165, 1.54) is 5.56 Å². The Labute approximate surface area is 115 Å². The van der Waals surface area contributed by atoms with E-state index in [-0.39, 0.29) is 11.5 Å². The van der Waals surface area contributed by atoms with Gasteiger partial charge in [-0.15, -0.1) is 0 Å². The summed E-state index contributed by atoms with van der Waals surface area (Å²) in [7, 11) is 0. The van der Waals surface area contributed by atoms with Crippen molar-refractivity contribution in [2.45, 2.75) is 39.7 Å². The minimum atomic E-state index is -0.263. The van der Waals surface area contributed by atoms with Crippen LogP contribution in [-0.2, 0) is 6.42 Å². The second-order valence-corrected chi connectivity index (χ2v) is 6.59. The first-order valence-corrected chi connectivity index (χ1v) is 6.85. The summed E-state index contributed by atoms with van der Waals surface area (Å²) in [6, 6.07) is 8.41. The van der Waals surface area contributed by atoms with Crippen molar-refractivity contribution < 1.29 is 5.11 Å². The van der Waals surface area contributed by atoms with E-state index in [0.717, 1.165) is 30.6 Å². The molecule has 2 rings (SSSR count). The molecule has 1 N–H and O–H groups in total. The van der Waals surface area contributed by atoms with Gasteiger partial charge in [-0.25, -0.2) is 0 Å². The molecule has 0 aromatic heterocycles. The van der Waals surface area contributed by atoms with E-state index >= 15 is 0 Å². The zero-order valence-corrected chi connectivity index (χ0v) is 12.0. The molecule has 0 radical (unpaired) electrons. The molecule has 102 valence electrons. The van der Waals surface area contributed by atoms with Gasteiger partial charge in [0, 0.05) is 13.1 Å². The average molecular weight is 258 g/mol. The SMILES string of the molecule is CC(C)(C)Cc1ccc(N2CC[C@H](O)C2)c(C#N)c1. The Balaban J connectivity index is 2.25. The highest BCUT2D eigenvalue weighted by molar-refractivity contribution is 5.61. The third-order valence-corrected chi connectivity index (χ3v) is 3.42. The lowest BCUT2D eigenvalue weighted by atomic mass is 9.87. The zero-order chi connectivity index (χ0) is 14.0. The van der Waals surface area contributed by atoms with Gasteiger partial charge in [0.05, 0.1) is 17.4 Å². The molecule has 3 nitrogen and oxygen atoms in total. The number of benzene rings is 1. The summed E-state index contributed by atoms with van der Waals surface area (Å²) in [5, 5.41) is 18.9. The van der Waals surface area contributed by atoms with Crippen LogP contribution in [0.3, 0.4) is 0 Å². The summed E-state index contributed by atoms with van der Waals surface area (Å²) >= 11 is 0. The topological polar surface area (TPSA) is 47.3 Å². The van der Waals surface area contributed by atoms with Crippen LogP contribution >= 0.6 is 0 Å². The lowest BCUT2D eigenvalue weighted by molar-refractivity contribution is 0.198. The average Bonchev–Trinajstić information content (AvgIpc) is 2.73. The van der Waals surface area contributed by atoms with E-state index in [1.807, 2.05) is 12.1 Å². The summed E-state index contributed by atoms with van der Waals surface area (Å²) in [5.74, 6) is 0. The van der Waals surface area contributed by atoms with Gasteiger partial charge in [-0.05, 0) is 36.0 Å². The van der Waals surface area contributed by atoms with Crippen LogP contribution in [0.5, 0.6) is 0 Å². The van der Waals surface area contributed by atoms with Gasteiger partial charge < -0.3 is 10.0 Å². The fourth-order valence-electron chi connectivity index (χ4n) is 2.63. The second-order valence-electron chi connectivity index (χ2n) is 6.59. The molecule has 0 amide bonds. The molecule has 0 aliphatic carbocycles. The van der Waals surface area contributed by atoms with Gasteiger partial charge in [0.15, 0.2) is 0 Å². The largest absolute Gasteiger partial charge is 0.391 e. The van der Waals surface area contributed by atoms with Crippen LogP contribution in [-0.4, -0.2) is 24.3 Å². The van der Waals surface area contributed by atoms with E-state index in [1.54, 1.807) is 0 Å². The van der Waals surface area contributed by atoms with Gasteiger partial charge in [0.1, 0.15) is 6.07 Å². The summed E-state index contributed by atoms with van der Waals surface area (Å²) in [5.41, 5.74) is 3.10. The van der Waals surface area contributed by atoms with Gasteiger partial charge in [-0.1, -0.05) is 26.8 Å². The van der Waals surface area contributed by atoms with Crippen molar-refractivity contribution in [3.8, 4) is 6.07 Å². The van der Waals surface area contributed by atoms with Gasteiger partial charge in [-0.2, -0.15) is 5.26 Å². The Morgan fingerprint density at radius 2 is 2.16 bits per heavy atom. The standard InChI is InChI=1S/C16H22N2O/c1-16(2,3)9-12-4-5-15(13(8-12)10-17)18-7-6-14(19)11-18/h4-5,8,14,19H,6-7,9,11H2,1-3H3/t14-/m0/s1. The predicted octanol–water partition coefficient (Wildman–Crippen LogP) is 2.72. The summed E-state index contributed by atoms with van der Waals surface area (Å²) in [6.07, 6.45) is 1.49. The van der Waals surface area contributed by atoms with Crippen molar-refractivity contribution in [1.82, 2.24) is 0 Å². The first-order chi connectivity index (χ1) is 8.89. The van der Waals surface area contributed by atoms with Crippen LogP contribution in [0, 0.1) is 16.7 Å². The summed E-state index contributed by atoms with van der Waals surface area (Å²) < 4.78 is 0. The zero-order valence-electron chi connectivity index (χ0n) is 12.0. The normalized spacial score (nSPS) is 19.5. The predicted molar refractivity (Wildman–Crippen MR) is 77.2 cm³/mol. The Morgan fingerprint density at radius 3 is 2.68 bits per heavy atom. The molecule has 0 unspecified atom stereocenters. The van der Waals surface area contributed by atoms with E-state index in [0.29, 0.717) is 6.54 Å². The van der Waals surface area contributed by atoms with Crippen LogP contribution in [0.4, 0.5) is 5.69 Å². The van der Waals surface area contributed by atoms with Gasteiger partial charge in [0.25, 0.3) is 0 Å². The number of aliphatic hydroxyl groups is 1. The number of hydrogen-bond acceptors (Lipinski definition) is 3. The molecule has 1 fully saturated rings. The van der Waals surface area contributed by atoms with Crippen LogP contribution in [0.15, 0.2) is 18.2 Å². The molecule has 0 saturated carbocycles. The Morgan fingerprint density at radius 1 is 1.42 bits per heavy atom. The first-order valence-electron chi connectivity index (χ1n) is 6.85. The maximum atomic E-state index is 9.61. The van der Waals surface area contributed by atoms with Crippen molar-refractivity contribution in [1.29, 1.82) is 5.26 Å². The highest BCUT2D eigenvalue weighted by Gasteiger charge is 2.23. The van der Waals surface area contributed by atoms with Crippen LogP contribution in [0.2, 0.25) is 0 Å². The molecule has 1 aliphatic rings. The van der Waals surface area contributed by atoms with Crippen molar-refractivity contribution in [3.63, 3.8) is 0 Å². The van der Waals surface area contributed by atoms with E-state index < -0.39 is 0 Å². The summed E-state index contributed by atoms with van der Waals surface area (Å²) in [4.78, 5) is 2.10. The number of rotatable bonds is 2. The molecule has 19 heavy (non-hydrogen) atoms. The number of anilines is 1. The lowest BCUT2D eigenvalue weighted by Crippen LogP contribution is -2.22. The third-order valence-electron chi connectivity index (χ3n) is 3.42. The molecule has 1 saturated heterocycles. The third kappa shape index (κ3) is 3.48. The van der Waals surface area contributed by atoms with Crippen molar-refractivity contribution in [2.75, 3.05) is 18.0 Å². The molecule has 3 heteroatoms. The highest BCUT2D eigenvalue weighted by Crippen LogP contribution is 2.28. The number of aliphatic hydroxyl groups excluding tert-OH is 1. The van der Waals surface area contributed by atoms with Crippen LogP contribution in [0.1, 0.15) is 38.3 Å². The van der Waals surface area contributed by atoms with Gasteiger partial charge >= 0.3 is 0 Å². The van der Waals surface area contributed by atoms with E-state index in [4.69, 9.17) is 0 Å². The minimum Gasteiger partial charge on any atom is -0.391 e. The fraction of sp³-hybridized carbons (Fsp3) is 0.562. The maximum Gasteiger partial charge on any atom is 0.101 e. The Hall–Kier alpha value is -1.53. The monoisotopic (exact) mass is 258 g/mol. The number of hydrogen-bond donors (Lipinski definition) is 1. The van der Waals surface area contributed by atoms with Crippen molar-refractivity contribution in [2.24, 2.45) is 5.41 Å². The molecule has 0 bridgehead atoms. The van der Waals surface area contributed by atoms with Gasteiger partial charge in [-0.3, -0.25) is 0 Å². The molecule has 1 aromatic rings. The number of nitriles is 1. The number of nitrogens with zero attached hydrogens (tertiary/aromatic N) is 2. The summed E-state index contributed by atoms with van der Waals surface area (Å²) in [6.45, 7) is 8.05. The Kier molecular flexibility index (Phi) is 3.82. The maximum absolute atomic E-state index is 9.61. The fourth-order valence-corrected chi connectivity index (χ4v) is 2.63. The smallest absolute Gasteiger partial charge is 0.101 e. The molecular formula is C16H22N2O. The first kappa shape index (κ1) is 13.9. The molecule has 1 aromatic carbocycles. The molecular weight excluding hydrogens is 236 g/mol. The van der Waals surface area contributed by atoms with E-state index in [2.05, 4.69) is 37.8 Å². The Bertz CT molecular complexity index is 496. The molecule has 1 heterocycles. The second kappa shape index (κ2) is 5.22.